The van der Waals surface area contributed by atoms with E-state index in [-0.39, 0.29) is 0 Å². The summed E-state index contributed by atoms with van der Waals surface area (Å²) in [5.41, 5.74) is 0. The van der Waals surface area contributed by atoms with Gasteiger partial charge in [-0.25, -0.2) is 0 Å². The van der Waals surface area contributed by atoms with E-state index in [1.54, 1.807) is 0 Å². The standard InChI is InChI=1S/C23H43N3/c1-3-5-7-9-11-13-19-17-21-15-16-22-18-20(14-12-10-8-6-4-2)25-23(24-19)26(21)22/h5,7,19-25H,3-4,6,8-18H2,1-2H3/b7-5-/t19-,20-,21+,22-,23?/m1/s1. The molecule has 0 saturated carbocycles. The zero-order valence-electron chi connectivity index (χ0n) is 17.4. The molecule has 3 saturated heterocycles. The van der Waals surface area contributed by atoms with Crippen LogP contribution in [0, 0.1) is 0 Å². The topological polar surface area (TPSA) is 27.3 Å². The highest BCUT2D eigenvalue weighted by atomic mass is 15.5. The third-order valence-corrected chi connectivity index (χ3v) is 6.86. The van der Waals surface area contributed by atoms with E-state index in [0.717, 1.165) is 18.1 Å². The Morgan fingerprint density at radius 3 is 2.12 bits per heavy atom. The number of nitrogens with one attached hydrogen (secondary N) is 2. The Kier molecular flexibility index (Phi) is 8.48. The first-order chi connectivity index (χ1) is 12.8. The highest BCUT2D eigenvalue weighted by Crippen LogP contribution is 2.37. The summed E-state index contributed by atoms with van der Waals surface area (Å²) in [5.74, 6) is 0. The van der Waals surface area contributed by atoms with Crippen LogP contribution in [0.25, 0.3) is 0 Å². The van der Waals surface area contributed by atoms with E-state index >= 15 is 0 Å². The number of rotatable bonds is 11. The molecule has 0 amide bonds. The van der Waals surface area contributed by atoms with Crippen molar-refractivity contribution in [1.29, 1.82) is 0 Å². The summed E-state index contributed by atoms with van der Waals surface area (Å²) in [6, 6.07) is 3.12. The average molecular weight is 362 g/mol. The first kappa shape index (κ1) is 20.4. The van der Waals surface area contributed by atoms with Crippen molar-refractivity contribution in [3.05, 3.63) is 12.2 Å². The predicted molar refractivity (Wildman–Crippen MR) is 112 cm³/mol. The normalized spacial score (nSPS) is 34.5. The van der Waals surface area contributed by atoms with Crippen LogP contribution in [0.5, 0.6) is 0 Å². The van der Waals surface area contributed by atoms with Gasteiger partial charge < -0.3 is 0 Å². The maximum atomic E-state index is 3.99. The summed E-state index contributed by atoms with van der Waals surface area (Å²) in [5, 5.41) is 7.97. The van der Waals surface area contributed by atoms with Crippen molar-refractivity contribution >= 4 is 0 Å². The summed E-state index contributed by atoms with van der Waals surface area (Å²) in [7, 11) is 0. The lowest BCUT2D eigenvalue weighted by molar-refractivity contribution is -0.0184. The van der Waals surface area contributed by atoms with Crippen LogP contribution in [-0.4, -0.2) is 35.4 Å². The smallest absolute Gasteiger partial charge is 0.115 e. The quantitative estimate of drug-likeness (QED) is 0.385. The monoisotopic (exact) mass is 361 g/mol. The van der Waals surface area contributed by atoms with Crippen LogP contribution in [0.4, 0.5) is 0 Å². The zero-order chi connectivity index (χ0) is 18.2. The van der Waals surface area contributed by atoms with Crippen LogP contribution in [0.1, 0.15) is 104 Å². The van der Waals surface area contributed by atoms with Crippen LogP contribution in [0.2, 0.25) is 0 Å². The molecule has 26 heavy (non-hydrogen) atoms. The molecule has 0 aromatic rings. The Labute approximate surface area is 162 Å². The molecule has 0 spiro atoms. The van der Waals surface area contributed by atoms with Gasteiger partial charge in [-0.05, 0) is 57.8 Å². The van der Waals surface area contributed by atoms with E-state index in [4.69, 9.17) is 0 Å². The summed E-state index contributed by atoms with van der Waals surface area (Å²) in [6.07, 6.45) is 24.2. The first-order valence-corrected chi connectivity index (χ1v) is 11.8. The van der Waals surface area contributed by atoms with Gasteiger partial charge >= 0.3 is 0 Å². The lowest BCUT2D eigenvalue weighted by Crippen LogP contribution is -2.70. The molecule has 0 bridgehead atoms. The van der Waals surface area contributed by atoms with Crippen LogP contribution in [0.15, 0.2) is 12.2 Å². The number of unbranched alkanes of at least 4 members (excludes halogenated alkanes) is 5. The molecule has 3 aliphatic rings. The third-order valence-electron chi connectivity index (χ3n) is 6.86. The van der Waals surface area contributed by atoms with Crippen molar-refractivity contribution in [2.75, 3.05) is 0 Å². The SMILES string of the molecule is CC/C=C\CCC[C@@H]1C[C@@H]2CC[C@@H]3C[C@@H](CCCCCCC)NC(N1)N32. The maximum Gasteiger partial charge on any atom is 0.115 e. The predicted octanol–water partition coefficient (Wildman–Crippen LogP) is 5.32. The fourth-order valence-electron chi connectivity index (χ4n) is 5.50. The fraction of sp³-hybridized carbons (Fsp3) is 0.913. The minimum absolute atomic E-state index is 0.451. The molecule has 5 atom stereocenters. The van der Waals surface area contributed by atoms with Crippen LogP contribution in [0.3, 0.4) is 0 Å². The Bertz CT molecular complexity index is 422. The molecule has 3 rings (SSSR count). The van der Waals surface area contributed by atoms with Gasteiger partial charge in [-0.3, -0.25) is 15.5 Å². The lowest BCUT2D eigenvalue weighted by atomic mass is 9.95. The van der Waals surface area contributed by atoms with Gasteiger partial charge in [0.15, 0.2) is 0 Å². The van der Waals surface area contributed by atoms with E-state index < -0.39 is 0 Å². The number of allylic oxidation sites excluding steroid dienone is 2. The van der Waals surface area contributed by atoms with Gasteiger partial charge in [-0.15, -0.1) is 0 Å². The molecule has 3 heterocycles. The molecule has 3 aliphatic heterocycles. The van der Waals surface area contributed by atoms with Gasteiger partial charge in [-0.1, -0.05) is 58.1 Å². The van der Waals surface area contributed by atoms with Crippen LogP contribution < -0.4 is 10.6 Å². The van der Waals surface area contributed by atoms with Gasteiger partial charge in [0.25, 0.3) is 0 Å². The molecule has 0 aromatic carbocycles. The second-order valence-corrected chi connectivity index (χ2v) is 8.95. The van der Waals surface area contributed by atoms with Crippen molar-refractivity contribution in [3.63, 3.8) is 0 Å². The minimum Gasteiger partial charge on any atom is -0.287 e. The molecular weight excluding hydrogens is 318 g/mol. The molecule has 150 valence electrons. The zero-order valence-corrected chi connectivity index (χ0v) is 17.4. The van der Waals surface area contributed by atoms with Gasteiger partial charge in [0, 0.05) is 24.2 Å². The molecule has 0 radical (unpaired) electrons. The van der Waals surface area contributed by atoms with E-state index in [9.17, 15) is 0 Å². The summed E-state index contributed by atoms with van der Waals surface area (Å²) in [6.45, 7) is 4.53. The molecule has 2 N–H and O–H groups in total. The van der Waals surface area contributed by atoms with Gasteiger partial charge in [0.2, 0.25) is 0 Å². The Hall–Kier alpha value is -0.380. The van der Waals surface area contributed by atoms with Gasteiger partial charge in [0.1, 0.15) is 6.29 Å². The van der Waals surface area contributed by atoms with Crippen molar-refractivity contribution in [3.8, 4) is 0 Å². The lowest BCUT2D eigenvalue weighted by Gasteiger charge is -2.50. The molecule has 3 heteroatoms. The van der Waals surface area contributed by atoms with Crippen molar-refractivity contribution in [1.82, 2.24) is 15.5 Å². The number of hydrogen-bond donors (Lipinski definition) is 2. The summed E-state index contributed by atoms with van der Waals surface area (Å²) in [4.78, 5) is 2.81. The van der Waals surface area contributed by atoms with E-state index in [1.807, 2.05) is 0 Å². The number of hydrogen-bond acceptors (Lipinski definition) is 3. The Balaban J connectivity index is 1.44. The molecule has 0 aromatic heterocycles. The Morgan fingerprint density at radius 1 is 0.808 bits per heavy atom. The van der Waals surface area contributed by atoms with Crippen LogP contribution >= 0.6 is 0 Å². The largest absolute Gasteiger partial charge is 0.287 e. The van der Waals surface area contributed by atoms with Crippen molar-refractivity contribution in [2.45, 2.75) is 134 Å². The highest BCUT2D eigenvalue weighted by Gasteiger charge is 2.46. The molecule has 1 unspecified atom stereocenters. The Morgan fingerprint density at radius 2 is 1.46 bits per heavy atom. The maximum absolute atomic E-state index is 3.99. The highest BCUT2D eigenvalue weighted by molar-refractivity contribution is 5.02. The van der Waals surface area contributed by atoms with Crippen molar-refractivity contribution < 1.29 is 0 Å². The first-order valence-electron chi connectivity index (χ1n) is 11.8. The minimum atomic E-state index is 0.451. The van der Waals surface area contributed by atoms with Gasteiger partial charge in [0.05, 0.1) is 0 Å². The van der Waals surface area contributed by atoms with Crippen molar-refractivity contribution in [2.24, 2.45) is 0 Å². The second-order valence-electron chi connectivity index (χ2n) is 8.95. The third kappa shape index (κ3) is 5.56. The number of nitrogens with zero attached hydrogens (tertiary/aromatic N) is 1. The van der Waals surface area contributed by atoms with E-state index in [2.05, 4.69) is 41.5 Å². The fourth-order valence-corrected chi connectivity index (χ4v) is 5.50. The van der Waals surface area contributed by atoms with E-state index in [1.165, 1.54) is 89.9 Å². The molecule has 3 fully saturated rings. The van der Waals surface area contributed by atoms with E-state index in [0.29, 0.717) is 12.3 Å². The van der Waals surface area contributed by atoms with Gasteiger partial charge in [-0.2, -0.15) is 0 Å². The molecule has 3 nitrogen and oxygen atoms in total. The van der Waals surface area contributed by atoms with Crippen LogP contribution in [-0.2, 0) is 0 Å². The second kappa shape index (κ2) is 10.8. The summed E-state index contributed by atoms with van der Waals surface area (Å²) < 4.78 is 0. The average Bonchev–Trinajstić information content (AvgIpc) is 3.05. The molecular formula is C23H43N3. The summed E-state index contributed by atoms with van der Waals surface area (Å²) >= 11 is 0. The molecule has 0 aliphatic carbocycles.